The lowest BCUT2D eigenvalue weighted by Gasteiger charge is -2.57. The second-order valence-electron chi connectivity index (χ2n) is 12.2. The molecule has 206 valence electrons. The van der Waals surface area contributed by atoms with E-state index in [9.17, 15) is 24.6 Å². The summed E-state index contributed by atoms with van der Waals surface area (Å²) in [7, 11) is 3.81. The van der Waals surface area contributed by atoms with Crippen LogP contribution >= 0.6 is 11.6 Å². The van der Waals surface area contributed by atoms with Crippen molar-refractivity contribution in [2.24, 2.45) is 22.7 Å². The number of nitrogens with zero attached hydrogens (tertiary/aromatic N) is 1. The molecule has 2 N–H and O–H groups in total. The number of carbonyl (C=O) groups is 3. The lowest BCUT2D eigenvalue weighted by atomic mass is 9.44. The molecular formula is C32H36ClNO5. The van der Waals surface area contributed by atoms with E-state index in [0.717, 1.165) is 37.8 Å². The monoisotopic (exact) mass is 549 g/mol. The Hall–Kier alpha value is -3.04. The van der Waals surface area contributed by atoms with Gasteiger partial charge in [-0.2, -0.15) is 0 Å². The van der Waals surface area contributed by atoms with Crippen LogP contribution in [0.2, 0.25) is 0 Å². The Labute approximate surface area is 235 Å². The van der Waals surface area contributed by atoms with Crippen LogP contribution in [0.5, 0.6) is 0 Å². The lowest BCUT2D eigenvalue weighted by Crippen LogP contribution is -2.59. The normalized spacial score (nSPS) is 31.1. The smallest absolute Gasteiger partial charge is 0.316 e. The van der Waals surface area contributed by atoms with Gasteiger partial charge in [0.05, 0.1) is 11.8 Å². The van der Waals surface area contributed by atoms with Crippen LogP contribution in [-0.4, -0.2) is 42.0 Å². The molecule has 4 aliphatic carbocycles. The number of hydrogen-bond donors (Lipinski definition) is 2. The van der Waals surface area contributed by atoms with Crippen LogP contribution in [0.1, 0.15) is 70.3 Å². The van der Waals surface area contributed by atoms with Crippen molar-refractivity contribution < 1.29 is 24.6 Å². The Morgan fingerprint density at radius 2 is 1.79 bits per heavy atom. The van der Waals surface area contributed by atoms with Crippen molar-refractivity contribution >= 4 is 35.0 Å². The molecule has 39 heavy (non-hydrogen) atoms. The second-order valence-corrected chi connectivity index (χ2v) is 12.4. The number of aliphatic carboxylic acids is 2. The number of carbonyl (C=O) groups excluding carboxylic acids is 1. The van der Waals surface area contributed by atoms with Crippen molar-refractivity contribution in [1.82, 2.24) is 0 Å². The molecule has 0 aliphatic heterocycles. The van der Waals surface area contributed by atoms with Crippen LogP contribution in [0.4, 0.5) is 5.69 Å². The third-order valence-corrected chi connectivity index (χ3v) is 10.7. The summed E-state index contributed by atoms with van der Waals surface area (Å²) in [4.78, 5) is 40.0. The van der Waals surface area contributed by atoms with E-state index in [1.807, 2.05) is 37.2 Å². The molecule has 0 aromatic heterocycles. The van der Waals surface area contributed by atoms with E-state index in [2.05, 4.69) is 18.2 Å². The Kier molecular flexibility index (Phi) is 6.96. The Balaban J connectivity index is 1.69. The van der Waals surface area contributed by atoms with Crippen LogP contribution in [-0.2, 0) is 19.8 Å². The number of carboxylic acid groups (broad SMARTS) is 2. The van der Waals surface area contributed by atoms with Gasteiger partial charge in [0.25, 0.3) is 0 Å². The van der Waals surface area contributed by atoms with E-state index in [-0.39, 0.29) is 17.6 Å². The van der Waals surface area contributed by atoms with Crippen LogP contribution < -0.4 is 4.90 Å². The van der Waals surface area contributed by atoms with Gasteiger partial charge < -0.3 is 15.1 Å². The first-order valence-corrected chi connectivity index (χ1v) is 14.2. The summed E-state index contributed by atoms with van der Waals surface area (Å²) in [6, 6.07) is 7.20. The zero-order valence-corrected chi connectivity index (χ0v) is 23.6. The Morgan fingerprint density at radius 3 is 2.41 bits per heavy atom. The molecular weight excluding hydrogens is 514 g/mol. The van der Waals surface area contributed by atoms with Gasteiger partial charge in [0.2, 0.25) is 0 Å². The van der Waals surface area contributed by atoms with E-state index in [0.29, 0.717) is 24.8 Å². The van der Waals surface area contributed by atoms with E-state index >= 15 is 0 Å². The first-order chi connectivity index (χ1) is 18.5. The summed E-state index contributed by atoms with van der Waals surface area (Å²) in [5.74, 6) is 1.49. The summed E-state index contributed by atoms with van der Waals surface area (Å²) < 4.78 is 0. The third kappa shape index (κ3) is 3.96. The number of rotatable bonds is 6. The molecule has 2 saturated carbocycles. The lowest BCUT2D eigenvalue weighted by molar-refractivity contribution is -0.160. The second kappa shape index (κ2) is 9.86. The van der Waals surface area contributed by atoms with Crippen LogP contribution in [0.3, 0.4) is 0 Å². The molecule has 1 aromatic carbocycles. The highest BCUT2D eigenvalue weighted by molar-refractivity contribution is 6.30. The first-order valence-electron chi connectivity index (χ1n) is 13.8. The Morgan fingerprint density at radius 1 is 1.08 bits per heavy atom. The van der Waals surface area contributed by atoms with Gasteiger partial charge in [0, 0.05) is 31.6 Å². The van der Waals surface area contributed by atoms with Crippen molar-refractivity contribution in [3.05, 3.63) is 52.6 Å². The van der Waals surface area contributed by atoms with E-state index in [1.165, 1.54) is 16.7 Å². The predicted molar refractivity (Wildman–Crippen MR) is 151 cm³/mol. The van der Waals surface area contributed by atoms with E-state index in [4.69, 9.17) is 11.6 Å². The number of carboxylic acids is 2. The van der Waals surface area contributed by atoms with E-state index < -0.39 is 34.6 Å². The molecule has 1 aromatic rings. The van der Waals surface area contributed by atoms with Crippen molar-refractivity contribution in [1.29, 1.82) is 0 Å². The van der Waals surface area contributed by atoms with Crippen molar-refractivity contribution in [2.75, 3.05) is 19.0 Å². The van der Waals surface area contributed by atoms with Crippen LogP contribution in [0.25, 0.3) is 0 Å². The fraction of sp³-hybridized carbons (Fsp3) is 0.531. The predicted octanol–water partition coefficient (Wildman–Crippen LogP) is 5.94. The van der Waals surface area contributed by atoms with Gasteiger partial charge in [-0.1, -0.05) is 30.6 Å². The zero-order chi connectivity index (χ0) is 28.2. The average molecular weight is 550 g/mol. The maximum atomic E-state index is 13.5. The molecule has 6 nitrogen and oxygen atoms in total. The summed E-state index contributed by atoms with van der Waals surface area (Å²) >= 11 is 6.15. The minimum atomic E-state index is -1.78. The minimum absolute atomic E-state index is 0.152. The maximum absolute atomic E-state index is 13.5. The molecule has 3 unspecified atom stereocenters. The zero-order valence-electron chi connectivity index (χ0n) is 22.8. The van der Waals surface area contributed by atoms with Gasteiger partial charge in [0.1, 0.15) is 5.41 Å². The fourth-order valence-corrected chi connectivity index (χ4v) is 8.98. The van der Waals surface area contributed by atoms with Gasteiger partial charge in [-0.3, -0.25) is 14.4 Å². The SMILES string of the molecule is CN(C)c1ccc(C(CC(=O)O)(C(=O)O)[C@@]2(C#CCl)CCC3C4CCC5=CC(=O)CCC5=C4CC[C@@]32C)cc1. The summed E-state index contributed by atoms with van der Waals surface area (Å²) in [6.45, 7) is 2.14. The van der Waals surface area contributed by atoms with Crippen LogP contribution in [0.15, 0.2) is 47.1 Å². The molecule has 5 atom stereocenters. The highest BCUT2D eigenvalue weighted by Crippen LogP contribution is 2.72. The molecule has 0 saturated heterocycles. The number of ketones is 1. The standard InChI is InChI=1S/C32H36ClNO5/c1-30-14-12-25-24-11-9-23(35)18-20(24)4-10-26(25)27(30)13-15-31(30,16-17-33)32(29(38)39,19-28(36)37)21-5-7-22(8-6-21)34(2)3/h5-8,18,26-27H,4,9-15,19H2,1-3H3,(H,36,37)(H,38,39)/t26?,27?,30-,31+,32?/m0/s1. The molecule has 0 bridgehead atoms. The van der Waals surface area contributed by atoms with Gasteiger partial charge >= 0.3 is 11.9 Å². The largest absolute Gasteiger partial charge is 0.481 e. The van der Waals surface area contributed by atoms with E-state index in [1.54, 1.807) is 12.1 Å². The molecule has 4 aliphatic rings. The molecule has 0 amide bonds. The number of allylic oxidation sites excluding steroid dienone is 4. The van der Waals surface area contributed by atoms with Crippen molar-refractivity contribution in [3.8, 4) is 11.3 Å². The molecule has 2 fully saturated rings. The highest BCUT2D eigenvalue weighted by atomic mass is 35.5. The van der Waals surface area contributed by atoms with Crippen molar-refractivity contribution in [3.63, 3.8) is 0 Å². The quantitative estimate of drug-likeness (QED) is 0.426. The summed E-state index contributed by atoms with van der Waals surface area (Å²) in [6.07, 6.45) is 7.05. The number of hydrogen-bond acceptors (Lipinski definition) is 4. The summed E-state index contributed by atoms with van der Waals surface area (Å²) in [5.41, 5.74) is 1.76. The molecule has 7 heteroatoms. The number of anilines is 1. The van der Waals surface area contributed by atoms with Gasteiger partial charge in [-0.25, -0.2) is 0 Å². The molecule has 5 rings (SSSR count). The molecule has 0 heterocycles. The molecule has 0 spiro atoms. The number of fused-ring (bicyclic) bond motifs is 4. The fourth-order valence-electron chi connectivity index (χ4n) is 8.82. The highest BCUT2D eigenvalue weighted by Gasteiger charge is 2.71. The third-order valence-electron chi connectivity index (χ3n) is 10.6. The number of benzene rings is 1. The average Bonchev–Trinajstić information content (AvgIpc) is 3.20. The first kappa shape index (κ1) is 27.5. The van der Waals surface area contributed by atoms with Crippen LogP contribution in [0, 0.1) is 34.0 Å². The van der Waals surface area contributed by atoms with Crippen molar-refractivity contribution in [2.45, 2.75) is 70.1 Å². The van der Waals surface area contributed by atoms with Gasteiger partial charge in [-0.15, -0.1) is 0 Å². The summed E-state index contributed by atoms with van der Waals surface area (Å²) in [5, 5.41) is 23.8. The maximum Gasteiger partial charge on any atom is 0.316 e. The minimum Gasteiger partial charge on any atom is -0.481 e. The number of halogens is 1. The Bertz CT molecular complexity index is 1350. The van der Waals surface area contributed by atoms with Gasteiger partial charge in [-0.05, 0) is 109 Å². The molecule has 0 radical (unpaired) electrons. The van der Waals surface area contributed by atoms with Gasteiger partial charge in [0.15, 0.2) is 5.78 Å². The topological polar surface area (TPSA) is 94.9 Å².